The summed E-state index contributed by atoms with van der Waals surface area (Å²) in [5.41, 5.74) is 0.795. The molecule has 0 bridgehead atoms. The second-order valence-corrected chi connectivity index (χ2v) is 11.5. The van der Waals surface area contributed by atoms with Gasteiger partial charge in [0.25, 0.3) is 16.0 Å². The number of anilines is 1. The summed E-state index contributed by atoms with van der Waals surface area (Å²) < 4.78 is 43.3. The molecule has 0 aliphatic carbocycles. The van der Waals surface area contributed by atoms with Crippen molar-refractivity contribution in [1.29, 1.82) is 0 Å². The van der Waals surface area contributed by atoms with Crippen LogP contribution in [0.5, 0.6) is 5.75 Å². The Kier molecular flexibility index (Phi) is 8.47. The number of benzene rings is 1. The summed E-state index contributed by atoms with van der Waals surface area (Å²) in [6, 6.07) is 5.53. The summed E-state index contributed by atoms with van der Waals surface area (Å²) in [5, 5.41) is 8.53. The fraction of sp³-hybridized carbons (Fsp3) is 0.474. The highest BCUT2D eigenvalue weighted by atomic mass is 32.2. The minimum absolute atomic E-state index is 0.0995. The van der Waals surface area contributed by atoms with Gasteiger partial charge in [0.15, 0.2) is 0 Å². The summed E-state index contributed by atoms with van der Waals surface area (Å²) in [6.45, 7) is 2.31. The molecule has 13 heteroatoms. The quantitative estimate of drug-likeness (QED) is 0.205. The standard InChI is InChI=1S/C19H24N2O7S4/c1-12(32(24,25)26)5-6-20-14-11-13(27-2)3-4-15(14)30-18(20)16-17(23)21(19(29)31-16)7-9-28-10-8-22/h3-4,11-12,22H,5-10H2,1-2H3,(H,24,25,26). The molecule has 32 heavy (non-hydrogen) atoms. The number of carbonyl (C=O) groups excluding carboxylic acids is 1. The van der Waals surface area contributed by atoms with Gasteiger partial charge in [0, 0.05) is 17.5 Å². The van der Waals surface area contributed by atoms with Gasteiger partial charge in [-0.05, 0) is 25.5 Å². The van der Waals surface area contributed by atoms with E-state index in [1.807, 2.05) is 23.1 Å². The molecular weight excluding hydrogens is 496 g/mol. The largest absolute Gasteiger partial charge is 0.497 e. The fourth-order valence-corrected chi connectivity index (χ4v) is 6.11. The van der Waals surface area contributed by atoms with Gasteiger partial charge in [0.1, 0.15) is 20.0 Å². The number of nitrogens with zero attached hydrogens (tertiary/aromatic N) is 2. The monoisotopic (exact) mass is 520 g/mol. The van der Waals surface area contributed by atoms with E-state index in [2.05, 4.69) is 0 Å². The Balaban J connectivity index is 1.90. The van der Waals surface area contributed by atoms with Crippen LogP contribution < -0.4 is 9.64 Å². The van der Waals surface area contributed by atoms with E-state index in [-0.39, 0.29) is 45.2 Å². The van der Waals surface area contributed by atoms with Crippen molar-refractivity contribution in [3.05, 3.63) is 28.1 Å². The third-order valence-electron chi connectivity index (χ3n) is 4.91. The Morgan fingerprint density at radius 3 is 2.59 bits per heavy atom. The third kappa shape index (κ3) is 5.58. The van der Waals surface area contributed by atoms with Crippen LogP contribution in [-0.4, -0.2) is 78.5 Å². The predicted molar refractivity (Wildman–Crippen MR) is 129 cm³/mol. The van der Waals surface area contributed by atoms with Crippen molar-refractivity contribution in [1.82, 2.24) is 4.90 Å². The zero-order chi connectivity index (χ0) is 23.5. The van der Waals surface area contributed by atoms with Gasteiger partial charge in [-0.2, -0.15) is 8.42 Å². The third-order valence-corrected chi connectivity index (χ3v) is 8.92. The van der Waals surface area contributed by atoms with E-state index in [0.29, 0.717) is 20.0 Å². The summed E-state index contributed by atoms with van der Waals surface area (Å²) in [5.74, 6) is 0.384. The molecule has 9 nitrogen and oxygen atoms in total. The number of thiocarbonyl (C=S) groups is 1. The van der Waals surface area contributed by atoms with Crippen LogP contribution in [0.3, 0.4) is 0 Å². The molecule has 1 saturated heterocycles. The molecule has 176 valence electrons. The van der Waals surface area contributed by atoms with Crippen molar-refractivity contribution in [2.45, 2.75) is 23.5 Å². The van der Waals surface area contributed by atoms with Gasteiger partial charge in [0.2, 0.25) is 0 Å². The number of fused-ring (bicyclic) bond motifs is 1. The molecule has 1 amide bonds. The lowest BCUT2D eigenvalue weighted by atomic mass is 10.2. The zero-order valence-corrected chi connectivity index (χ0v) is 20.8. The number of hydrogen-bond donors (Lipinski definition) is 2. The highest BCUT2D eigenvalue weighted by Gasteiger charge is 2.39. The molecule has 2 aliphatic rings. The van der Waals surface area contributed by atoms with Crippen LogP contribution in [0, 0.1) is 0 Å². The maximum absolute atomic E-state index is 13.1. The van der Waals surface area contributed by atoms with Crippen LogP contribution in [0.2, 0.25) is 0 Å². The van der Waals surface area contributed by atoms with E-state index in [1.165, 1.54) is 35.3 Å². The lowest BCUT2D eigenvalue weighted by molar-refractivity contribution is -0.122. The summed E-state index contributed by atoms with van der Waals surface area (Å²) >= 11 is 7.99. The van der Waals surface area contributed by atoms with Gasteiger partial charge in [-0.3, -0.25) is 14.2 Å². The smallest absolute Gasteiger partial charge is 0.268 e. The maximum atomic E-state index is 13.1. The summed E-state index contributed by atoms with van der Waals surface area (Å²) in [6.07, 6.45) is 0.162. The first-order chi connectivity index (χ1) is 15.2. The fourth-order valence-electron chi connectivity index (χ4n) is 3.08. The number of carbonyl (C=O) groups is 1. The molecule has 1 fully saturated rings. The Labute approximate surface area is 200 Å². The second kappa shape index (κ2) is 10.7. The lowest BCUT2D eigenvalue weighted by Gasteiger charge is -2.23. The molecule has 1 atom stereocenters. The number of methoxy groups -OCH3 is 1. The van der Waals surface area contributed by atoms with Crippen molar-refractivity contribution < 1.29 is 32.3 Å². The number of rotatable bonds is 10. The predicted octanol–water partition coefficient (Wildman–Crippen LogP) is 2.31. The first-order valence-electron chi connectivity index (χ1n) is 9.73. The molecule has 2 heterocycles. The number of ether oxygens (including phenoxy) is 2. The van der Waals surface area contributed by atoms with Gasteiger partial charge in [-0.15, -0.1) is 0 Å². The molecule has 1 aromatic rings. The first kappa shape index (κ1) is 25.3. The van der Waals surface area contributed by atoms with E-state index in [9.17, 15) is 17.8 Å². The van der Waals surface area contributed by atoms with E-state index in [4.69, 9.17) is 26.8 Å². The summed E-state index contributed by atoms with van der Waals surface area (Å²) in [4.78, 5) is 17.8. The van der Waals surface area contributed by atoms with Gasteiger partial charge < -0.3 is 19.5 Å². The number of aliphatic hydroxyl groups is 1. The van der Waals surface area contributed by atoms with Crippen molar-refractivity contribution in [2.75, 3.05) is 44.9 Å². The molecule has 1 aromatic carbocycles. The van der Waals surface area contributed by atoms with E-state index in [0.717, 1.165) is 10.6 Å². The van der Waals surface area contributed by atoms with Crippen LogP contribution in [0.4, 0.5) is 5.69 Å². The van der Waals surface area contributed by atoms with Crippen LogP contribution >= 0.6 is 35.7 Å². The van der Waals surface area contributed by atoms with Crippen LogP contribution in [0.25, 0.3) is 0 Å². The molecule has 2 N–H and O–H groups in total. The molecule has 0 aromatic heterocycles. The molecule has 0 radical (unpaired) electrons. The highest BCUT2D eigenvalue weighted by Crippen LogP contribution is 2.51. The number of amides is 1. The Bertz CT molecular complexity index is 1030. The van der Waals surface area contributed by atoms with E-state index >= 15 is 0 Å². The van der Waals surface area contributed by atoms with E-state index < -0.39 is 15.4 Å². The summed E-state index contributed by atoms with van der Waals surface area (Å²) in [7, 11) is -2.62. The Morgan fingerprint density at radius 1 is 1.19 bits per heavy atom. The highest BCUT2D eigenvalue weighted by molar-refractivity contribution is 8.27. The average Bonchev–Trinajstić information content (AvgIpc) is 3.24. The second-order valence-electron chi connectivity index (χ2n) is 7.00. The Morgan fingerprint density at radius 2 is 1.94 bits per heavy atom. The number of aliphatic hydroxyl groups excluding tert-OH is 1. The van der Waals surface area contributed by atoms with Crippen molar-refractivity contribution in [2.24, 2.45) is 0 Å². The van der Waals surface area contributed by atoms with Gasteiger partial charge in [-0.25, -0.2) is 0 Å². The van der Waals surface area contributed by atoms with Crippen molar-refractivity contribution in [3.63, 3.8) is 0 Å². The lowest BCUT2D eigenvalue weighted by Crippen LogP contribution is -2.32. The average molecular weight is 521 g/mol. The van der Waals surface area contributed by atoms with Crippen LogP contribution in [0.1, 0.15) is 13.3 Å². The topological polar surface area (TPSA) is 117 Å². The van der Waals surface area contributed by atoms with Crippen LogP contribution in [0.15, 0.2) is 33.0 Å². The molecule has 1 unspecified atom stereocenters. The molecule has 2 aliphatic heterocycles. The minimum atomic E-state index is -4.17. The number of thioether (sulfide) groups is 2. The van der Waals surface area contributed by atoms with E-state index in [1.54, 1.807) is 7.11 Å². The van der Waals surface area contributed by atoms with Gasteiger partial charge in [-0.1, -0.05) is 35.7 Å². The molecule has 0 spiro atoms. The van der Waals surface area contributed by atoms with Gasteiger partial charge in [0.05, 0.1) is 44.4 Å². The zero-order valence-electron chi connectivity index (χ0n) is 17.5. The normalized spacial score (nSPS) is 19.6. The SMILES string of the molecule is COc1ccc2c(c1)N(CCC(C)S(=O)(=O)O)C(=C1SC(=S)N(CCOCCO)C1=O)S2. The first-order valence-corrected chi connectivity index (χ1v) is 13.3. The molecular formula is C19H24N2O7S4. The van der Waals surface area contributed by atoms with Gasteiger partial charge >= 0.3 is 0 Å². The van der Waals surface area contributed by atoms with Crippen molar-refractivity contribution in [3.8, 4) is 5.75 Å². The molecule has 3 rings (SSSR count). The Hall–Kier alpha value is -1.35. The molecule has 0 saturated carbocycles. The maximum Gasteiger partial charge on any atom is 0.268 e. The minimum Gasteiger partial charge on any atom is -0.497 e. The van der Waals surface area contributed by atoms with Crippen molar-refractivity contribution >= 4 is 61.8 Å². The number of hydrogen-bond acceptors (Lipinski definition) is 10. The van der Waals surface area contributed by atoms with Crippen LogP contribution in [-0.2, 0) is 19.6 Å².